The fourth-order valence-corrected chi connectivity index (χ4v) is 2.55. The average molecular weight is 352 g/mol. The fourth-order valence-electron chi connectivity index (χ4n) is 2.55. The third kappa shape index (κ3) is 3.77. The minimum atomic E-state index is -0.372. The van der Waals surface area contributed by atoms with Crippen LogP contribution in [0.4, 0.5) is 16.2 Å². The molecule has 7 nitrogen and oxygen atoms in total. The average Bonchev–Trinajstić information content (AvgIpc) is 3.08. The number of anilines is 2. The van der Waals surface area contributed by atoms with E-state index in [1.54, 1.807) is 38.6 Å². The molecule has 7 heteroatoms. The smallest absolute Gasteiger partial charge is 0.323 e. The summed E-state index contributed by atoms with van der Waals surface area (Å²) in [7, 11) is 3.11. The summed E-state index contributed by atoms with van der Waals surface area (Å²) < 4.78 is 12.4. The van der Waals surface area contributed by atoms with E-state index in [0.717, 1.165) is 11.5 Å². The summed E-state index contributed by atoms with van der Waals surface area (Å²) in [4.78, 5) is 16.5. The molecule has 134 valence electrons. The van der Waals surface area contributed by atoms with Crippen LogP contribution in [0.3, 0.4) is 0 Å². The van der Waals surface area contributed by atoms with E-state index in [2.05, 4.69) is 15.6 Å². The topological polar surface area (TPSA) is 77.4 Å². The highest BCUT2D eigenvalue weighted by Crippen LogP contribution is 2.29. The molecule has 3 aromatic rings. The van der Waals surface area contributed by atoms with Crippen LogP contribution in [0.5, 0.6) is 11.5 Å². The van der Waals surface area contributed by atoms with Gasteiger partial charge in [-0.1, -0.05) is 0 Å². The van der Waals surface area contributed by atoms with Crippen LogP contribution < -0.4 is 20.1 Å². The van der Waals surface area contributed by atoms with E-state index < -0.39 is 0 Å². The fraction of sp³-hybridized carbons (Fsp3) is 0.158. The number of methoxy groups -OCH3 is 2. The van der Waals surface area contributed by atoms with Crippen molar-refractivity contribution in [2.75, 3.05) is 24.9 Å². The van der Waals surface area contributed by atoms with Gasteiger partial charge in [0.15, 0.2) is 0 Å². The van der Waals surface area contributed by atoms with Crippen LogP contribution in [0.15, 0.2) is 54.9 Å². The third-order valence-electron chi connectivity index (χ3n) is 3.88. The number of imidazole rings is 1. The number of hydrogen-bond donors (Lipinski definition) is 2. The molecule has 0 saturated heterocycles. The van der Waals surface area contributed by atoms with Gasteiger partial charge in [-0.15, -0.1) is 0 Å². The Kier molecular flexibility index (Phi) is 5.07. The van der Waals surface area contributed by atoms with Gasteiger partial charge in [-0.2, -0.15) is 0 Å². The summed E-state index contributed by atoms with van der Waals surface area (Å²) in [5, 5.41) is 5.56. The summed E-state index contributed by atoms with van der Waals surface area (Å²) in [5.74, 6) is 2.07. The molecule has 1 aromatic heterocycles. The van der Waals surface area contributed by atoms with E-state index in [-0.39, 0.29) is 6.03 Å². The first-order valence-corrected chi connectivity index (χ1v) is 8.01. The van der Waals surface area contributed by atoms with Crippen molar-refractivity contribution in [1.82, 2.24) is 9.55 Å². The molecule has 0 unspecified atom stereocenters. The molecule has 0 aliphatic rings. The molecule has 0 spiro atoms. The number of aromatic nitrogens is 2. The summed E-state index contributed by atoms with van der Waals surface area (Å²) in [6.45, 7) is 1.93. The van der Waals surface area contributed by atoms with E-state index in [0.29, 0.717) is 22.9 Å². The van der Waals surface area contributed by atoms with Crippen LogP contribution in [-0.4, -0.2) is 29.8 Å². The van der Waals surface area contributed by atoms with Crippen molar-refractivity contribution in [1.29, 1.82) is 0 Å². The molecule has 0 atom stereocenters. The molecular formula is C19H20N4O3. The van der Waals surface area contributed by atoms with Gasteiger partial charge >= 0.3 is 6.03 Å². The molecule has 1 heterocycles. The SMILES string of the molecule is COc1ccc(OC)c(NC(=O)Nc2ccc(-n3ccnc3C)cc2)c1. The summed E-state index contributed by atoms with van der Waals surface area (Å²) in [6, 6.07) is 12.3. The Hall–Kier alpha value is -3.48. The van der Waals surface area contributed by atoms with Crippen molar-refractivity contribution in [3.05, 3.63) is 60.7 Å². The summed E-state index contributed by atoms with van der Waals surface area (Å²) in [5.41, 5.74) is 2.17. The number of benzene rings is 2. The zero-order valence-electron chi connectivity index (χ0n) is 14.8. The predicted octanol–water partition coefficient (Wildman–Crippen LogP) is 3.84. The van der Waals surface area contributed by atoms with Gasteiger partial charge in [0.05, 0.1) is 19.9 Å². The van der Waals surface area contributed by atoms with Gasteiger partial charge in [-0.05, 0) is 43.3 Å². The van der Waals surface area contributed by atoms with Gasteiger partial charge in [-0.3, -0.25) is 0 Å². The number of rotatable bonds is 5. The van der Waals surface area contributed by atoms with Gasteiger partial charge in [0.1, 0.15) is 17.3 Å². The Morgan fingerprint density at radius 2 is 1.81 bits per heavy atom. The maximum absolute atomic E-state index is 12.3. The van der Waals surface area contributed by atoms with Crippen molar-refractivity contribution in [3.8, 4) is 17.2 Å². The number of nitrogens with one attached hydrogen (secondary N) is 2. The van der Waals surface area contributed by atoms with Gasteiger partial charge in [0.25, 0.3) is 0 Å². The van der Waals surface area contributed by atoms with E-state index in [1.807, 2.05) is 42.0 Å². The minimum Gasteiger partial charge on any atom is -0.497 e. The Morgan fingerprint density at radius 3 is 2.42 bits per heavy atom. The van der Waals surface area contributed by atoms with Crippen molar-refractivity contribution in [2.45, 2.75) is 6.92 Å². The second kappa shape index (κ2) is 7.60. The molecule has 0 aliphatic carbocycles. The third-order valence-corrected chi connectivity index (χ3v) is 3.88. The highest BCUT2D eigenvalue weighted by molar-refractivity contribution is 6.00. The Morgan fingerprint density at radius 1 is 1.04 bits per heavy atom. The lowest BCUT2D eigenvalue weighted by atomic mass is 10.2. The zero-order chi connectivity index (χ0) is 18.5. The Bertz CT molecular complexity index is 903. The van der Waals surface area contributed by atoms with E-state index in [4.69, 9.17) is 9.47 Å². The van der Waals surface area contributed by atoms with Gasteiger partial charge in [0, 0.05) is 29.8 Å². The number of amides is 2. The number of hydrogen-bond acceptors (Lipinski definition) is 4. The van der Waals surface area contributed by atoms with Crippen LogP contribution >= 0.6 is 0 Å². The lowest BCUT2D eigenvalue weighted by Crippen LogP contribution is -2.19. The van der Waals surface area contributed by atoms with Gasteiger partial charge < -0.3 is 24.7 Å². The maximum atomic E-state index is 12.3. The van der Waals surface area contributed by atoms with Crippen LogP contribution in [0.1, 0.15) is 5.82 Å². The van der Waals surface area contributed by atoms with Crippen molar-refractivity contribution in [2.24, 2.45) is 0 Å². The molecule has 0 bridgehead atoms. The lowest BCUT2D eigenvalue weighted by molar-refractivity contribution is 0.262. The second-order valence-electron chi connectivity index (χ2n) is 5.54. The molecule has 2 N–H and O–H groups in total. The predicted molar refractivity (Wildman–Crippen MR) is 100 cm³/mol. The molecule has 0 radical (unpaired) electrons. The van der Waals surface area contributed by atoms with Crippen LogP contribution in [0, 0.1) is 6.92 Å². The molecule has 3 rings (SSSR count). The highest BCUT2D eigenvalue weighted by Gasteiger charge is 2.09. The van der Waals surface area contributed by atoms with Crippen molar-refractivity contribution in [3.63, 3.8) is 0 Å². The summed E-state index contributed by atoms with van der Waals surface area (Å²) >= 11 is 0. The van der Waals surface area contributed by atoms with Crippen LogP contribution in [0.25, 0.3) is 5.69 Å². The first kappa shape index (κ1) is 17.3. The number of aryl methyl sites for hydroxylation is 1. The standard InChI is InChI=1S/C19H20N4O3/c1-13-20-10-11-23(13)15-6-4-14(5-7-15)21-19(24)22-17-12-16(25-2)8-9-18(17)26-3/h4-12H,1-3H3,(H2,21,22,24). The zero-order valence-corrected chi connectivity index (χ0v) is 14.8. The minimum absolute atomic E-state index is 0.372. The first-order chi connectivity index (χ1) is 12.6. The number of carbonyl (C=O) groups excluding carboxylic acids is 1. The second-order valence-corrected chi connectivity index (χ2v) is 5.54. The molecule has 2 aromatic carbocycles. The lowest BCUT2D eigenvalue weighted by Gasteiger charge is -2.13. The number of carbonyl (C=O) groups is 1. The molecule has 0 saturated carbocycles. The monoisotopic (exact) mass is 352 g/mol. The van der Waals surface area contributed by atoms with Crippen LogP contribution in [0.2, 0.25) is 0 Å². The molecule has 2 amide bonds. The van der Waals surface area contributed by atoms with Crippen molar-refractivity contribution < 1.29 is 14.3 Å². The van der Waals surface area contributed by atoms with E-state index in [1.165, 1.54) is 0 Å². The van der Waals surface area contributed by atoms with E-state index >= 15 is 0 Å². The number of ether oxygens (including phenoxy) is 2. The van der Waals surface area contributed by atoms with Crippen molar-refractivity contribution >= 4 is 17.4 Å². The first-order valence-electron chi connectivity index (χ1n) is 8.01. The highest BCUT2D eigenvalue weighted by atomic mass is 16.5. The molecule has 0 fully saturated rings. The normalized spacial score (nSPS) is 10.3. The Labute approximate surface area is 151 Å². The largest absolute Gasteiger partial charge is 0.497 e. The van der Waals surface area contributed by atoms with Crippen LogP contribution in [-0.2, 0) is 0 Å². The molecular weight excluding hydrogens is 332 g/mol. The quantitative estimate of drug-likeness (QED) is 0.731. The maximum Gasteiger partial charge on any atom is 0.323 e. The molecule has 26 heavy (non-hydrogen) atoms. The summed E-state index contributed by atoms with van der Waals surface area (Å²) in [6.07, 6.45) is 3.63. The number of nitrogens with zero attached hydrogens (tertiary/aromatic N) is 2. The van der Waals surface area contributed by atoms with E-state index in [9.17, 15) is 4.79 Å². The Balaban J connectivity index is 1.70. The number of urea groups is 1. The van der Waals surface area contributed by atoms with Gasteiger partial charge in [-0.25, -0.2) is 9.78 Å². The van der Waals surface area contributed by atoms with Gasteiger partial charge in [0.2, 0.25) is 0 Å². The molecule has 0 aliphatic heterocycles.